The predicted molar refractivity (Wildman–Crippen MR) is 81.0 cm³/mol. The van der Waals surface area contributed by atoms with Gasteiger partial charge in [-0.15, -0.1) is 0 Å². The highest BCUT2D eigenvalue weighted by atomic mass is 16.6. The molecule has 0 fully saturated rings. The Balaban J connectivity index is 4.77. The van der Waals surface area contributed by atoms with Gasteiger partial charge >= 0.3 is 12.1 Å². The van der Waals surface area contributed by atoms with Crippen molar-refractivity contribution in [1.29, 1.82) is 0 Å². The van der Waals surface area contributed by atoms with Gasteiger partial charge in [0.25, 0.3) is 0 Å². The molecule has 0 unspecified atom stereocenters. The summed E-state index contributed by atoms with van der Waals surface area (Å²) in [5.41, 5.74) is 4.81. The number of hydrogen-bond donors (Lipinski definition) is 3. The van der Waals surface area contributed by atoms with Gasteiger partial charge in [-0.2, -0.15) is 0 Å². The molecular weight excluding hydrogens is 290 g/mol. The second kappa shape index (κ2) is 8.57. The van der Waals surface area contributed by atoms with E-state index in [1.165, 1.54) is 7.11 Å². The van der Waals surface area contributed by atoms with Crippen LogP contribution in [0, 0.1) is 5.92 Å². The van der Waals surface area contributed by atoms with E-state index in [0.717, 1.165) is 0 Å². The Morgan fingerprint density at radius 3 is 2.05 bits per heavy atom. The van der Waals surface area contributed by atoms with E-state index in [-0.39, 0.29) is 12.5 Å². The summed E-state index contributed by atoms with van der Waals surface area (Å²) in [7, 11) is 1.24. The molecule has 2 atom stereocenters. The Labute approximate surface area is 131 Å². The molecule has 0 rings (SSSR count). The molecule has 0 heterocycles. The van der Waals surface area contributed by atoms with Crippen LogP contribution in [0.15, 0.2) is 0 Å². The molecule has 0 saturated carbocycles. The number of esters is 1. The molecule has 4 N–H and O–H groups in total. The minimum atomic E-state index is -0.999. The normalized spacial score (nSPS) is 14.0. The molecule has 128 valence electrons. The van der Waals surface area contributed by atoms with Crippen molar-refractivity contribution in [3.8, 4) is 0 Å². The lowest BCUT2D eigenvalue weighted by Crippen LogP contribution is -2.56. The van der Waals surface area contributed by atoms with E-state index in [1.807, 2.05) is 0 Å². The number of carbonyl (C=O) groups is 3. The Bertz CT molecular complexity index is 404. The number of nitrogens with one attached hydrogen (secondary N) is 2. The van der Waals surface area contributed by atoms with Crippen LogP contribution in [0.5, 0.6) is 0 Å². The van der Waals surface area contributed by atoms with E-state index in [4.69, 9.17) is 10.5 Å². The molecule has 0 aliphatic heterocycles. The van der Waals surface area contributed by atoms with E-state index < -0.39 is 35.7 Å². The Morgan fingerprint density at radius 1 is 1.14 bits per heavy atom. The van der Waals surface area contributed by atoms with Gasteiger partial charge in [0.1, 0.15) is 17.7 Å². The first-order valence-corrected chi connectivity index (χ1v) is 7.09. The van der Waals surface area contributed by atoms with Crippen LogP contribution >= 0.6 is 0 Å². The molecule has 2 amide bonds. The monoisotopic (exact) mass is 317 g/mol. The van der Waals surface area contributed by atoms with Crippen molar-refractivity contribution >= 4 is 18.0 Å². The highest BCUT2D eigenvalue weighted by molar-refractivity contribution is 5.89. The maximum absolute atomic E-state index is 12.1. The molecule has 0 aromatic carbocycles. The summed E-state index contributed by atoms with van der Waals surface area (Å²) in [4.78, 5) is 35.5. The van der Waals surface area contributed by atoms with Crippen molar-refractivity contribution < 1.29 is 23.9 Å². The summed E-state index contributed by atoms with van der Waals surface area (Å²) < 4.78 is 9.70. The van der Waals surface area contributed by atoms with Crippen molar-refractivity contribution in [2.24, 2.45) is 11.7 Å². The smallest absolute Gasteiger partial charge is 0.408 e. The zero-order valence-electron chi connectivity index (χ0n) is 14.1. The minimum absolute atomic E-state index is 0.128. The fourth-order valence-corrected chi connectivity index (χ4v) is 1.56. The van der Waals surface area contributed by atoms with Crippen LogP contribution in [0.2, 0.25) is 0 Å². The fourth-order valence-electron chi connectivity index (χ4n) is 1.56. The lowest BCUT2D eigenvalue weighted by atomic mass is 10.0. The van der Waals surface area contributed by atoms with Gasteiger partial charge in [0.2, 0.25) is 5.91 Å². The molecule has 0 aromatic heterocycles. The lowest BCUT2D eigenvalue weighted by molar-refractivity contribution is -0.146. The number of carbonyl (C=O) groups excluding carboxylic acids is 3. The van der Waals surface area contributed by atoms with Gasteiger partial charge in [0.05, 0.1) is 7.11 Å². The predicted octanol–water partition coefficient (Wildman–Crippen LogP) is 0.152. The highest BCUT2D eigenvalue weighted by Gasteiger charge is 2.29. The van der Waals surface area contributed by atoms with Crippen LogP contribution in [0.3, 0.4) is 0 Å². The maximum Gasteiger partial charge on any atom is 0.408 e. The molecule has 0 saturated heterocycles. The summed E-state index contributed by atoms with van der Waals surface area (Å²) >= 11 is 0. The Morgan fingerprint density at radius 2 is 1.68 bits per heavy atom. The molecular formula is C14H27N3O5. The van der Waals surface area contributed by atoms with Gasteiger partial charge in [-0.3, -0.25) is 4.79 Å². The second-order valence-corrected chi connectivity index (χ2v) is 6.19. The zero-order chi connectivity index (χ0) is 17.5. The maximum atomic E-state index is 12.1. The number of amides is 2. The van der Waals surface area contributed by atoms with Crippen LogP contribution in [0.4, 0.5) is 4.79 Å². The summed E-state index contributed by atoms with van der Waals surface area (Å²) in [6.45, 7) is 8.51. The first-order chi connectivity index (χ1) is 10.0. The van der Waals surface area contributed by atoms with Crippen molar-refractivity contribution in [2.75, 3.05) is 13.7 Å². The van der Waals surface area contributed by atoms with Crippen LogP contribution in [0.25, 0.3) is 0 Å². The van der Waals surface area contributed by atoms with Gasteiger partial charge in [-0.1, -0.05) is 13.8 Å². The first-order valence-electron chi connectivity index (χ1n) is 7.09. The van der Waals surface area contributed by atoms with Crippen LogP contribution in [0.1, 0.15) is 34.6 Å². The third kappa shape index (κ3) is 7.26. The Hall–Kier alpha value is -1.83. The summed E-state index contributed by atoms with van der Waals surface area (Å²) in [6.07, 6.45) is -0.753. The van der Waals surface area contributed by atoms with Gasteiger partial charge in [0.15, 0.2) is 0 Å². The molecule has 0 spiro atoms. The van der Waals surface area contributed by atoms with E-state index in [0.29, 0.717) is 0 Å². The minimum Gasteiger partial charge on any atom is -0.467 e. The molecule has 8 heteroatoms. The summed E-state index contributed by atoms with van der Waals surface area (Å²) in [5.74, 6) is -1.30. The molecule has 0 aliphatic rings. The highest BCUT2D eigenvalue weighted by Crippen LogP contribution is 2.07. The second-order valence-electron chi connectivity index (χ2n) is 6.19. The average molecular weight is 317 g/mol. The zero-order valence-corrected chi connectivity index (χ0v) is 14.1. The largest absolute Gasteiger partial charge is 0.467 e. The van der Waals surface area contributed by atoms with E-state index in [2.05, 4.69) is 15.4 Å². The van der Waals surface area contributed by atoms with Crippen LogP contribution in [-0.2, 0) is 19.1 Å². The third-order valence-corrected chi connectivity index (χ3v) is 2.66. The molecule has 0 aliphatic carbocycles. The van der Waals surface area contributed by atoms with Gasteiger partial charge in [-0.25, -0.2) is 9.59 Å². The van der Waals surface area contributed by atoms with Gasteiger partial charge in [0, 0.05) is 6.54 Å². The molecule has 8 nitrogen and oxygen atoms in total. The standard InChI is InChI=1S/C14H27N3O5/c1-8(2)10(12(19)21-6)17-11(18)9(7-15)16-13(20)22-14(3,4)5/h8-10H,7,15H2,1-6H3,(H,16,20)(H,17,18)/t9-,10-/m0/s1. The van der Waals surface area contributed by atoms with Crippen molar-refractivity contribution in [3.05, 3.63) is 0 Å². The number of rotatable bonds is 6. The van der Waals surface area contributed by atoms with Crippen molar-refractivity contribution in [2.45, 2.75) is 52.3 Å². The van der Waals surface area contributed by atoms with Crippen LogP contribution in [-0.4, -0.2) is 49.3 Å². The third-order valence-electron chi connectivity index (χ3n) is 2.66. The van der Waals surface area contributed by atoms with E-state index in [1.54, 1.807) is 34.6 Å². The van der Waals surface area contributed by atoms with Crippen LogP contribution < -0.4 is 16.4 Å². The first kappa shape index (κ1) is 20.2. The van der Waals surface area contributed by atoms with Gasteiger partial charge < -0.3 is 25.8 Å². The SMILES string of the molecule is COC(=O)[C@@H](NC(=O)[C@H](CN)NC(=O)OC(C)(C)C)C(C)C. The van der Waals surface area contributed by atoms with Crippen molar-refractivity contribution in [3.63, 3.8) is 0 Å². The number of hydrogen-bond acceptors (Lipinski definition) is 6. The van der Waals surface area contributed by atoms with Crippen molar-refractivity contribution in [1.82, 2.24) is 10.6 Å². The molecule has 22 heavy (non-hydrogen) atoms. The number of ether oxygens (including phenoxy) is 2. The molecule has 0 aromatic rings. The summed E-state index contributed by atoms with van der Waals surface area (Å²) in [5, 5.41) is 4.90. The van der Waals surface area contributed by atoms with E-state index in [9.17, 15) is 14.4 Å². The molecule has 0 bridgehead atoms. The van der Waals surface area contributed by atoms with Gasteiger partial charge in [-0.05, 0) is 26.7 Å². The topological polar surface area (TPSA) is 120 Å². The number of nitrogens with two attached hydrogens (primary N) is 1. The average Bonchev–Trinajstić information content (AvgIpc) is 2.38. The van der Waals surface area contributed by atoms with E-state index >= 15 is 0 Å². The lowest BCUT2D eigenvalue weighted by Gasteiger charge is -2.25. The number of alkyl carbamates (subject to hydrolysis) is 1. The summed E-state index contributed by atoms with van der Waals surface area (Å²) in [6, 6.07) is -1.81. The fraction of sp³-hybridized carbons (Fsp3) is 0.786. The molecule has 0 radical (unpaired) electrons. The Kier molecular flexibility index (Phi) is 7.86. The quantitative estimate of drug-likeness (QED) is 0.600. The number of methoxy groups -OCH3 is 1.